The van der Waals surface area contributed by atoms with Crippen LogP contribution in [0.2, 0.25) is 0 Å². The Hall–Kier alpha value is -3.19. The maximum atomic E-state index is 12.4. The van der Waals surface area contributed by atoms with Crippen molar-refractivity contribution in [2.24, 2.45) is 5.10 Å². The van der Waals surface area contributed by atoms with E-state index >= 15 is 0 Å². The van der Waals surface area contributed by atoms with E-state index < -0.39 is 0 Å². The number of nitrogens with one attached hydrogen (secondary N) is 1. The molecule has 0 unspecified atom stereocenters. The van der Waals surface area contributed by atoms with Crippen LogP contribution in [0.4, 0.5) is 11.4 Å². The van der Waals surface area contributed by atoms with E-state index in [1.165, 1.54) is 10.7 Å². The lowest BCUT2D eigenvalue weighted by atomic mass is 10.2. The number of anilines is 2. The molecule has 1 fully saturated rings. The van der Waals surface area contributed by atoms with Crippen molar-refractivity contribution in [2.75, 3.05) is 42.6 Å². The molecule has 7 heteroatoms. The first-order valence-corrected chi connectivity index (χ1v) is 9.47. The van der Waals surface area contributed by atoms with Crippen molar-refractivity contribution in [3.8, 4) is 0 Å². The number of rotatable bonds is 4. The number of para-hydroxylation sites is 2. The van der Waals surface area contributed by atoms with Gasteiger partial charge in [-0.05, 0) is 24.3 Å². The third-order valence-corrected chi connectivity index (χ3v) is 4.92. The number of amides is 2. The second-order valence-corrected chi connectivity index (χ2v) is 6.91. The molecule has 0 spiro atoms. The Bertz CT molecular complexity index is 861. The number of hydrogen-bond acceptors (Lipinski definition) is 5. The van der Waals surface area contributed by atoms with Crippen molar-refractivity contribution in [1.82, 2.24) is 10.2 Å². The summed E-state index contributed by atoms with van der Waals surface area (Å²) in [6.07, 6.45) is 0.114. The normalized spacial score (nSPS) is 17.6. The molecule has 7 nitrogen and oxygen atoms in total. The summed E-state index contributed by atoms with van der Waals surface area (Å²) in [5.41, 5.74) is 1.92. The van der Waals surface area contributed by atoms with Crippen LogP contribution >= 0.6 is 0 Å². The molecule has 0 aliphatic carbocycles. The van der Waals surface area contributed by atoms with Crippen LogP contribution in [0.15, 0.2) is 65.8 Å². The highest BCUT2D eigenvalue weighted by Crippen LogP contribution is 2.19. The van der Waals surface area contributed by atoms with E-state index in [0.29, 0.717) is 18.1 Å². The van der Waals surface area contributed by atoms with Crippen LogP contribution in [0.5, 0.6) is 0 Å². The van der Waals surface area contributed by atoms with Crippen LogP contribution in [0.25, 0.3) is 0 Å². The summed E-state index contributed by atoms with van der Waals surface area (Å²) in [5, 5.41) is 8.40. The van der Waals surface area contributed by atoms with Gasteiger partial charge in [-0.3, -0.25) is 14.5 Å². The van der Waals surface area contributed by atoms with Gasteiger partial charge in [-0.2, -0.15) is 10.1 Å². The fourth-order valence-electron chi connectivity index (χ4n) is 3.48. The molecule has 144 valence electrons. The van der Waals surface area contributed by atoms with Gasteiger partial charge in [0.2, 0.25) is 5.91 Å². The first-order valence-electron chi connectivity index (χ1n) is 9.47. The molecule has 2 amide bonds. The average molecular weight is 377 g/mol. The van der Waals surface area contributed by atoms with Gasteiger partial charge in [0.25, 0.3) is 5.91 Å². The number of piperazine rings is 1. The van der Waals surface area contributed by atoms with E-state index in [1.54, 1.807) is 0 Å². The number of nitrogens with zero attached hydrogens (tertiary/aromatic N) is 4. The van der Waals surface area contributed by atoms with Crippen LogP contribution in [-0.4, -0.2) is 55.3 Å². The molecule has 2 aromatic carbocycles. The molecule has 1 saturated heterocycles. The standard InChI is InChI=1S/C21H23N5O2/c27-20(16-24-11-13-25(14-12-24)17-7-3-1-4-8-17)22-19-15-21(28)26(23-19)18-9-5-2-6-10-18/h1-10H,11-16H2,(H,22,23,27). The number of hydrazone groups is 1. The van der Waals surface area contributed by atoms with Crippen molar-refractivity contribution >= 4 is 29.0 Å². The lowest BCUT2D eigenvalue weighted by molar-refractivity contribution is -0.120. The van der Waals surface area contributed by atoms with Gasteiger partial charge < -0.3 is 10.2 Å². The Kier molecular flexibility index (Phi) is 5.34. The zero-order valence-electron chi connectivity index (χ0n) is 15.6. The fourth-order valence-corrected chi connectivity index (χ4v) is 3.48. The third-order valence-electron chi connectivity index (χ3n) is 4.92. The average Bonchev–Trinajstić information content (AvgIpc) is 3.09. The van der Waals surface area contributed by atoms with Gasteiger partial charge in [-0.25, -0.2) is 0 Å². The predicted molar refractivity (Wildman–Crippen MR) is 109 cm³/mol. The molecular weight excluding hydrogens is 354 g/mol. The summed E-state index contributed by atoms with van der Waals surface area (Å²) < 4.78 is 0. The molecule has 0 saturated carbocycles. The van der Waals surface area contributed by atoms with Crippen molar-refractivity contribution in [1.29, 1.82) is 0 Å². The largest absolute Gasteiger partial charge is 0.369 e. The van der Waals surface area contributed by atoms with Crippen LogP contribution in [-0.2, 0) is 9.59 Å². The maximum absolute atomic E-state index is 12.4. The Morgan fingerprint density at radius 3 is 2.14 bits per heavy atom. The smallest absolute Gasteiger partial charge is 0.255 e. The van der Waals surface area contributed by atoms with Gasteiger partial charge in [0.05, 0.1) is 18.7 Å². The second kappa shape index (κ2) is 8.22. The molecule has 0 atom stereocenters. The third kappa shape index (κ3) is 4.20. The van der Waals surface area contributed by atoms with Crippen LogP contribution in [0.3, 0.4) is 0 Å². The number of benzene rings is 2. The Balaban J connectivity index is 1.28. The highest BCUT2D eigenvalue weighted by molar-refractivity contribution is 6.15. The van der Waals surface area contributed by atoms with Gasteiger partial charge in [-0.1, -0.05) is 36.4 Å². The number of carbonyl (C=O) groups excluding carboxylic acids is 2. The summed E-state index contributed by atoms with van der Waals surface area (Å²) >= 11 is 0. The minimum atomic E-state index is -0.141. The first kappa shape index (κ1) is 18.2. The molecule has 0 radical (unpaired) electrons. The summed E-state index contributed by atoms with van der Waals surface area (Å²) in [7, 11) is 0. The van der Waals surface area contributed by atoms with Crippen LogP contribution < -0.4 is 15.2 Å². The van der Waals surface area contributed by atoms with Gasteiger partial charge in [0, 0.05) is 31.9 Å². The monoisotopic (exact) mass is 377 g/mol. The van der Waals surface area contributed by atoms with Gasteiger partial charge in [0.1, 0.15) is 5.84 Å². The van der Waals surface area contributed by atoms with Gasteiger partial charge in [-0.15, -0.1) is 0 Å². The molecule has 0 bridgehead atoms. The van der Waals surface area contributed by atoms with Crippen molar-refractivity contribution in [3.05, 3.63) is 60.7 Å². The van der Waals surface area contributed by atoms with Crippen molar-refractivity contribution in [3.63, 3.8) is 0 Å². The lowest BCUT2D eigenvalue weighted by Gasteiger charge is -2.35. The van der Waals surface area contributed by atoms with E-state index in [-0.39, 0.29) is 18.2 Å². The van der Waals surface area contributed by atoms with Crippen LogP contribution in [0.1, 0.15) is 6.42 Å². The molecular formula is C21H23N5O2. The Labute approximate surface area is 164 Å². The molecule has 28 heavy (non-hydrogen) atoms. The lowest BCUT2D eigenvalue weighted by Crippen LogP contribution is -2.50. The minimum Gasteiger partial charge on any atom is -0.369 e. The molecule has 1 N–H and O–H groups in total. The summed E-state index contributed by atoms with van der Waals surface area (Å²) in [6, 6.07) is 19.5. The number of carbonyl (C=O) groups is 2. The van der Waals surface area contributed by atoms with E-state index in [0.717, 1.165) is 26.2 Å². The second-order valence-electron chi connectivity index (χ2n) is 6.91. The molecule has 2 aromatic rings. The molecule has 2 aliphatic heterocycles. The van der Waals surface area contributed by atoms with E-state index in [1.807, 2.05) is 48.5 Å². The number of amidine groups is 1. The molecule has 0 aromatic heterocycles. The minimum absolute atomic E-state index is 0.114. The summed E-state index contributed by atoms with van der Waals surface area (Å²) in [4.78, 5) is 29.0. The summed E-state index contributed by atoms with van der Waals surface area (Å²) in [6.45, 7) is 3.73. The van der Waals surface area contributed by atoms with E-state index in [4.69, 9.17) is 0 Å². The summed E-state index contributed by atoms with van der Waals surface area (Å²) in [5.74, 6) is 0.134. The van der Waals surface area contributed by atoms with E-state index in [2.05, 4.69) is 32.4 Å². The first-order chi connectivity index (χ1) is 13.7. The van der Waals surface area contributed by atoms with Gasteiger partial charge >= 0.3 is 0 Å². The van der Waals surface area contributed by atoms with Gasteiger partial charge in [0.15, 0.2) is 0 Å². The molecule has 2 aliphatic rings. The highest BCUT2D eigenvalue weighted by atomic mass is 16.2. The fraction of sp³-hybridized carbons (Fsp3) is 0.286. The zero-order valence-corrected chi connectivity index (χ0v) is 15.6. The quantitative estimate of drug-likeness (QED) is 0.880. The van der Waals surface area contributed by atoms with Crippen LogP contribution in [0, 0.1) is 0 Å². The topological polar surface area (TPSA) is 68.2 Å². The van der Waals surface area contributed by atoms with Crippen molar-refractivity contribution in [2.45, 2.75) is 6.42 Å². The zero-order chi connectivity index (χ0) is 19.3. The number of hydrogen-bond donors (Lipinski definition) is 1. The van der Waals surface area contributed by atoms with E-state index in [9.17, 15) is 9.59 Å². The molecule has 4 rings (SSSR count). The maximum Gasteiger partial charge on any atom is 0.255 e. The Morgan fingerprint density at radius 1 is 0.893 bits per heavy atom. The highest BCUT2D eigenvalue weighted by Gasteiger charge is 2.27. The SMILES string of the molecule is O=C(CN1CCN(c2ccccc2)CC1)NC1=NN(c2ccccc2)C(=O)C1. The Morgan fingerprint density at radius 2 is 1.50 bits per heavy atom. The molecule has 2 heterocycles. The van der Waals surface area contributed by atoms with Crippen molar-refractivity contribution < 1.29 is 9.59 Å². The predicted octanol–water partition coefficient (Wildman–Crippen LogP) is 1.68.